The summed E-state index contributed by atoms with van der Waals surface area (Å²) in [5.41, 5.74) is 0.709. The molecule has 0 saturated heterocycles. The minimum absolute atomic E-state index is 0.255. The quantitative estimate of drug-likeness (QED) is 0.783. The van der Waals surface area contributed by atoms with Gasteiger partial charge in [-0.3, -0.25) is 4.79 Å². The Morgan fingerprint density at radius 2 is 2.47 bits per heavy atom. The monoisotopic (exact) mass is 207 g/mol. The van der Waals surface area contributed by atoms with Gasteiger partial charge in [0, 0.05) is 12.7 Å². The molecule has 4 nitrogen and oxygen atoms in total. The second kappa shape index (κ2) is 3.68. The van der Waals surface area contributed by atoms with Gasteiger partial charge in [-0.1, -0.05) is 0 Å². The van der Waals surface area contributed by atoms with Gasteiger partial charge in [-0.25, -0.2) is 9.37 Å². The molecule has 0 aromatic carbocycles. The third-order valence-corrected chi connectivity index (χ3v) is 2.06. The molecule has 2 N–H and O–H groups in total. The lowest BCUT2D eigenvalue weighted by atomic mass is 10.3. The number of nitrogens with zero attached hydrogens (tertiary/aromatic N) is 1. The summed E-state index contributed by atoms with van der Waals surface area (Å²) in [5.74, 6) is -0.637. The van der Waals surface area contributed by atoms with E-state index in [2.05, 4.69) is 15.3 Å². The van der Waals surface area contributed by atoms with Crippen molar-refractivity contribution in [2.24, 2.45) is 0 Å². The van der Waals surface area contributed by atoms with Gasteiger partial charge in [0.15, 0.2) is 0 Å². The molecule has 0 radical (unpaired) electrons. The standard InChI is InChI=1S/C10H10FN3O/c1-2-12-10(15)8-5-6-7(11)3-4-13-9(6)14-8/h3-5H,2H2,1H3,(H,12,15)(H,13,14). The lowest BCUT2D eigenvalue weighted by Crippen LogP contribution is -2.22. The van der Waals surface area contributed by atoms with E-state index >= 15 is 0 Å². The van der Waals surface area contributed by atoms with Crippen LogP contribution in [-0.2, 0) is 0 Å². The molecular weight excluding hydrogens is 197 g/mol. The van der Waals surface area contributed by atoms with Crippen LogP contribution in [0.2, 0.25) is 0 Å². The average molecular weight is 207 g/mol. The van der Waals surface area contributed by atoms with Gasteiger partial charge < -0.3 is 10.3 Å². The SMILES string of the molecule is CCNC(=O)c1cc2c(F)ccnc2[nH]1. The molecule has 0 fully saturated rings. The Labute approximate surface area is 85.5 Å². The zero-order valence-corrected chi connectivity index (χ0v) is 8.17. The van der Waals surface area contributed by atoms with Crippen molar-refractivity contribution in [3.63, 3.8) is 0 Å². The fraction of sp³-hybridized carbons (Fsp3) is 0.200. The van der Waals surface area contributed by atoms with Gasteiger partial charge in [0.05, 0.1) is 5.39 Å². The van der Waals surface area contributed by atoms with Crippen molar-refractivity contribution in [2.75, 3.05) is 6.54 Å². The van der Waals surface area contributed by atoms with Gasteiger partial charge in [-0.2, -0.15) is 0 Å². The van der Waals surface area contributed by atoms with E-state index in [1.807, 2.05) is 6.92 Å². The number of hydrogen-bond donors (Lipinski definition) is 2. The van der Waals surface area contributed by atoms with Crippen LogP contribution in [0.25, 0.3) is 11.0 Å². The van der Waals surface area contributed by atoms with Crippen molar-refractivity contribution in [3.05, 3.63) is 29.8 Å². The average Bonchev–Trinajstić information content (AvgIpc) is 2.63. The van der Waals surface area contributed by atoms with E-state index in [-0.39, 0.29) is 11.7 Å². The van der Waals surface area contributed by atoms with Crippen LogP contribution < -0.4 is 5.32 Å². The summed E-state index contributed by atoms with van der Waals surface area (Å²) in [6, 6.07) is 2.72. The Morgan fingerprint density at radius 3 is 3.13 bits per heavy atom. The van der Waals surface area contributed by atoms with Crippen molar-refractivity contribution in [2.45, 2.75) is 6.92 Å². The highest BCUT2D eigenvalue weighted by atomic mass is 19.1. The van der Waals surface area contributed by atoms with E-state index in [1.54, 1.807) is 0 Å². The predicted octanol–water partition coefficient (Wildman–Crippen LogP) is 1.45. The molecule has 1 amide bonds. The van der Waals surface area contributed by atoms with Gasteiger partial charge >= 0.3 is 0 Å². The molecule has 0 aliphatic carbocycles. The van der Waals surface area contributed by atoms with E-state index in [4.69, 9.17) is 0 Å². The summed E-state index contributed by atoms with van der Waals surface area (Å²) in [6.07, 6.45) is 1.36. The third-order valence-electron chi connectivity index (χ3n) is 2.06. The molecule has 78 valence electrons. The smallest absolute Gasteiger partial charge is 0.267 e. The highest BCUT2D eigenvalue weighted by Gasteiger charge is 2.11. The van der Waals surface area contributed by atoms with Crippen molar-refractivity contribution >= 4 is 16.9 Å². The molecule has 2 aromatic rings. The van der Waals surface area contributed by atoms with Crippen LogP contribution >= 0.6 is 0 Å². The van der Waals surface area contributed by atoms with Crippen molar-refractivity contribution in [1.82, 2.24) is 15.3 Å². The summed E-state index contributed by atoms with van der Waals surface area (Å²) in [4.78, 5) is 18.1. The Balaban J connectivity index is 2.47. The first-order valence-corrected chi connectivity index (χ1v) is 4.63. The molecule has 0 unspecified atom stereocenters. The molecule has 15 heavy (non-hydrogen) atoms. The van der Waals surface area contributed by atoms with Crippen LogP contribution in [0, 0.1) is 5.82 Å². The summed E-state index contributed by atoms with van der Waals surface area (Å²) in [5, 5.41) is 2.95. The molecule has 2 heterocycles. The van der Waals surface area contributed by atoms with E-state index in [9.17, 15) is 9.18 Å². The Morgan fingerprint density at radius 1 is 1.67 bits per heavy atom. The number of nitrogens with one attached hydrogen (secondary N) is 2. The van der Waals surface area contributed by atoms with Crippen molar-refractivity contribution in [1.29, 1.82) is 0 Å². The van der Waals surface area contributed by atoms with Gasteiger partial charge in [-0.15, -0.1) is 0 Å². The fourth-order valence-corrected chi connectivity index (χ4v) is 1.37. The second-order valence-corrected chi connectivity index (χ2v) is 3.10. The number of pyridine rings is 1. The number of carbonyl (C=O) groups excluding carboxylic acids is 1. The van der Waals surface area contributed by atoms with E-state index in [0.29, 0.717) is 23.3 Å². The summed E-state index contributed by atoms with van der Waals surface area (Å²) < 4.78 is 13.3. The Kier molecular flexibility index (Phi) is 2.37. The third kappa shape index (κ3) is 1.68. The lowest BCUT2D eigenvalue weighted by Gasteiger charge is -1.96. The number of amides is 1. The molecular formula is C10H10FN3O. The summed E-state index contributed by atoms with van der Waals surface area (Å²) in [6.45, 7) is 2.35. The zero-order valence-electron chi connectivity index (χ0n) is 8.17. The molecule has 0 atom stereocenters. The molecule has 2 aromatic heterocycles. The summed E-state index contributed by atoms with van der Waals surface area (Å²) >= 11 is 0. The first kappa shape index (κ1) is 9.64. The van der Waals surface area contributed by atoms with Crippen molar-refractivity contribution in [3.8, 4) is 0 Å². The number of halogens is 1. The molecule has 0 aliphatic rings. The van der Waals surface area contributed by atoms with Gasteiger partial charge in [0.2, 0.25) is 0 Å². The van der Waals surface area contributed by atoms with Gasteiger partial charge in [0.25, 0.3) is 5.91 Å². The zero-order chi connectivity index (χ0) is 10.8. The van der Waals surface area contributed by atoms with Gasteiger partial charge in [-0.05, 0) is 19.1 Å². The van der Waals surface area contributed by atoms with Crippen LogP contribution in [0.5, 0.6) is 0 Å². The van der Waals surface area contributed by atoms with Crippen LogP contribution in [-0.4, -0.2) is 22.4 Å². The van der Waals surface area contributed by atoms with E-state index in [0.717, 1.165) is 0 Å². The van der Waals surface area contributed by atoms with Crippen LogP contribution in [0.4, 0.5) is 4.39 Å². The molecule has 0 bridgehead atoms. The topological polar surface area (TPSA) is 57.8 Å². The summed E-state index contributed by atoms with van der Waals surface area (Å²) in [7, 11) is 0. The second-order valence-electron chi connectivity index (χ2n) is 3.10. The molecule has 0 saturated carbocycles. The van der Waals surface area contributed by atoms with Crippen LogP contribution in [0.15, 0.2) is 18.3 Å². The number of aromatic amines is 1. The Bertz CT molecular complexity index is 506. The molecule has 2 rings (SSSR count). The van der Waals surface area contributed by atoms with Crippen LogP contribution in [0.1, 0.15) is 17.4 Å². The number of fused-ring (bicyclic) bond motifs is 1. The van der Waals surface area contributed by atoms with Crippen LogP contribution in [0.3, 0.4) is 0 Å². The lowest BCUT2D eigenvalue weighted by molar-refractivity contribution is 0.0951. The molecule has 5 heteroatoms. The maximum Gasteiger partial charge on any atom is 0.267 e. The highest BCUT2D eigenvalue weighted by molar-refractivity contribution is 5.97. The predicted molar refractivity (Wildman–Crippen MR) is 54.1 cm³/mol. The number of rotatable bonds is 2. The number of hydrogen-bond acceptors (Lipinski definition) is 2. The first-order chi connectivity index (χ1) is 7.22. The number of carbonyl (C=O) groups is 1. The minimum Gasteiger partial charge on any atom is -0.351 e. The van der Waals surface area contributed by atoms with Crippen molar-refractivity contribution < 1.29 is 9.18 Å². The number of H-pyrrole nitrogens is 1. The normalized spacial score (nSPS) is 10.5. The largest absolute Gasteiger partial charge is 0.351 e. The Hall–Kier alpha value is -1.91. The fourth-order valence-electron chi connectivity index (χ4n) is 1.37. The van der Waals surface area contributed by atoms with E-state index < -0.39 is 0 Å². The van der Waals surface area contributed by atoms with E-state index in [1.165, 1.54) is 18.3 Å². The molecule has 0 spiro atoms. The minimum atomic E-state index is -0.383. The maximum absolute atomic E-state index is 13.3. The highest BCUT2D eigenvalue weighted by Crippen LogP contribution is 2.16. The maximum atomic E-state index is 13.3. The molecule has 0 aliphatic heterocycles. The number of aromatic nitrogens is 2. The first-order valence-electron chi connectivity index (χ1n) is 4.63. The van der Waals surface area contributed by atoms with Gasteiger partial charge in [0.1, 0.15) is 17.2 Å².